The van der Waals surface area contributed by atoms with Gasteiger partial charge in [-0.15, -0.1) is 0 Å². The number of hydrogen-bond acceptors (Lipinski definition) is 3. The minimum atomic E-state index is -0.297. The van der Waals surface area contributed by atoms with Crippen molar-refractivity contribution in [3.8, 4) is 5.75 Å². The van der Waals surface area contributed by atoms with Gasteiger partial charge in [0.15, 0.2) is 5.78 Å². The first-order valence-electron chi connectivity index (χ1n) is 7.82. The third kappa shape index (κ3) is 3.46. The number of ketones is 1. The highest BCUT2D eigenvalue weighted by Crippen LogP contribution is 2.31. The van der Waals surface area contributed by atoms with Crippen molar-refractivity contribution in [1.29, 1.82) is 0 Å². The van der Waals surface area contributed by atoms with Crippen LogP contribution in [0.2, 0.25) is 0 Å². The smallest absolute Gasteiger partial charge is 0.163 e. The summed E-state index contributed by atoms with van der Waals surface area (Å²) in [5.74, 6) is 0.464. The van der Waals surface area contributed by atoms with E-state index in [1.165, 1.54) is 6.92 Å². The first-order valence-corrected chi connectivity index (χ1v) is 7.82. The molecule has 0 saturated heterocycles. The molecule has 0 fully saturated rings. The summed E-state index contributed by atoms with van der Waals surface area (Å²) >= 11 is 0. The van der Waals surface area contributed by atoms with Gasteiger partial charge in [0.25, 0.3) is 0 Å². The Morgan fingerprint density at radius 3 is 1.92 bits per heavy atom. The predicted octanol–water partition coefficient (Wildman–Crippen LogP) is 4.64. The molecule has 0 radical (unpaired) electrons. The van der Waals surface area contributed by atoms with Crippen LogP contribution in [-0.4, -0.2) is 5.78 Å². The fourth-order valence-electron chi connectivity index (χ4n) is 2.64. The van der Waals surface area contributed by atoms with Crippen LogP contribution in [-0.2, 0) is 0 Å². The number of nitrogens with two attached hydrogens (primary N) is 1. The molecule has 0 spiro atoms. The van der Waals surface area contributed by atoms with E-state index in [-0.39, 0.29) is 11.9 Å². The normalized spacial score (nSPS) is 10.6. The maximum absolute atomic E-state index is 11.9. The molecule has 120 valence electrons. The lowest BCUT2D eigenvalue weighted by atomic mass is 10.0. The summed E-state index contributed by atoms with van der Waals surface area (Å²) in [6.07, 6.45) is -0.297. The second-order valence-electron chi connectivity index (χ2n) is 5.63. The third-order valence-electron chi connectivity index (χ3n) is 3.83. The van der Waals surface area contributed by atoms with E-state index in [1.807, 2.05) is 60.7 Å². The Morgan fingerprint density at radius 2 is 1.42 bits per heavy atom. The van der Waals surface area contributed by atoms with Crippen molar-refractivity contribution in [1.82, 2.24) is 0 Å². The quantitative estimate of drug-likeness (QED) is 0.551. The summed E-state index contributed by atoms with van der Waals surface area (Å²) in [5.41, 5.74) is 8.89. The first kappa shape index (κ1) is 15.8. The number of Topliss-reactive ketones (excluding diaryl/α,β-unsaturated/α-hetero) is 1. The largest absolute Gasteiger partial charge is 0.480 e. The molecule has 0 heterocycles. The van der Waals surface area contributed by atoms with Gasteiger partial charge in [-0.2, -0.15) is 0 Å². The zero-order valence-corrected chi connectivity index (χ0v) is 13.5. The van der Waals surface area contributed by atoms with Crippen LogP contribution < -0.4 is 10.5 Å². The lowest BCUT2D eigenvalue weighted by Gasteiger charge is -2.21. The zero-order valence-electron chi connectivity index (χ0n) is 13.5. The summed E-state index contributed by atoms with van der Waals surface area (Å²) < 4.78 is 6.26. The van der Waals surface area contributed by atoms with Crippen molar-refractivity contribution >= 4 is 11.5 Å². The molecule has 0 aliphatic carbocycles. The van der Waals surface area contributed by atoms with Gasteiger partial charge in [0, 0.05) is 5.69 Å². The van der Waals surface area contributed by atoms with Crippen LogP contribution in [0.3, 0.4) is 0 Å². The van der Waals surface area contributed by atoms with Crippen molar-refractivity contribution in [3.63, 3.8) is 0 Å². The van der Waals surface area contributed by atoms with Gasteiger partial charge in [-0.25, -0.2) is 0 Å². The van der Waals surface area contributed by atoms with Gasteiger partial charge in [-0.1, -0.05) is 60.7 Å². The standard InChI is InChI=1S/C21H19NO2/c1-15(23)19-14-18(22)12-13-20(19)24-21(16-8-4-2-5-9-16)17-10-6-3-7-11-17/h2-14,21H,22H2,1H3. The number of rotatable bonds is 5. The Morgan fingerprint density at radius 1 is 0.875 bits per heavy atom. The summed E-state index contributed by atoms with van der Waals surface area (Å²) in [6, 6.07) is 25.1. The Balaban J connectivity index is 2.04. The minimum Gasteiger partial charge on any atom is -0.480 e. The lowest BCUT2D eigenvalue weighted by molar-refractivity contribution is 0.101. The maximum atomic E-state index is 11.9. The first-order chi connectivity index (χ1) is 11.6. The fourth-order valence-corrected chi connectivity index (χ4v) is 2.64. The summed E-state index contributed by atoms with van der Waals surface area (Å²) in [5, 5.41) is 0. The Kier molecular flexibility index (Phi) is 4.62. The highest BCUT2D eigenvalue weighted by atomic mass is 16.5. The fraction of sp³-hybridized carbons (Fsp3) is 0.0952. The highest BCUT2D eigenvalue weighted by Gasteiger charge is 2.18. The molecule has 24 heavy (non-hydrogen) atoms. The lowest BCUT2D eigenvalue weighted by Crippen LogP contribution is -2.11. The van der Waals surface area contributed by atoms with Crippen molar-refractivity contribution in [2.45, 2.75) is 13.0 Å². The molecule has 3 heteroatoms. The van der Waals surface area contributed by atoms with Crippen LogP contribution in [0.15, 0.2) is 78.9 Å². The van der Waals surface area contributed by atoms with Crippen LogP contribution in [0.1, 0.15) is 34.5 Å². The Hall–Kier alpha value is -3.07. The van der Waals surface area contributed by atoms with Gasteiger partial charge < -0.3 is 10.5 Å². The van der Waals surface area contributed by atoms with Gasteiger partial charge in [0.05, 0.1) is 5.56 Å². The van der Waals surface area contributed by atoms with Crippen molar-refractivity contribution in [2.24, 2.45) is 0 Å². The number of hydrogen-bond donors (Lipinski definition) is 1. The van der Waals surface area contributed by atoms with E-state index < -0.39 is 0 Å². The van der Waals surface area contributed by atoms with E-state index in [0.717, 1.165) is 11.1 Å². The van der Waals surface area contributed by atoms with E-state index in [1.54, 1.807) is 18.2 Å². The van der Waals surface area contributed by atoms with E-state index in [0.29, 0.717) is 17.0 Å². The van der Waals surface area contributed by atoms with Crippen LogP contribution in [0.4, 0.5) is 5.69 Å². The molecule has 0 saturated carbocycles. The number of ether oxygens (including phenoxy) is 1. The molecule has 0 aromatic heterocycles. The molecular weight excluding hydrogens is 298 g/mol. The summed E-state index contributed by atoms with van der Waals surface area (Å²) in [7, 11) is 0. The molecule has 0 aliphatic heterocycles. The van der Waals surface area contributed by atoms with Gasteiger partial charge in [0.2, 0.25) is 0 Å². The number of nitrogen functional groups attached to an aromatic ring is 1. The second kappa shape index (κ2) is 7.01. The number of anilines is 1. The van der Waals surface area contributed by atoms with E-state index >= 15 is 0 Å². The third-order valence-corrected chi connectivity index (χ3v) is 3.83. The molecule has 0 aliphatic rings. The molecule has 0 amide bonds. The van der Waals surface area contributed by atoms with Gasteiger partial charge in [-0.05, 0) is 36.2 Å². The van der Waals surface area contributed by atoms with Gasteiger partial charge >= 0.3 is 0 Å². The van der Waals surface area contributed by atoms with Crippen molar-refractivity contribution in [2.75, 3.05) is 5.73 Å². The molecule has 3 aromatic carbocycles. The molecule has 0 bridgehead atoms. The monoisotopic (exact) mass is 317 g/mol. The molecule has 0 unspecified atom stereocenters. The van der Waals surface area contributed by atoms with Crippen LogP contribution in [0.25, 0.3) is 0 Å². The van der Waals surface area contributed by atoms with E-state index in [9.17, 15) is 4.79 Å². The molecule has 0 atom stereocenters. The van der Waals surface area contributed by atoms with Gasteiger partial charge in [0.1, 0.15) is 11.9 Å². The molecule has 3 aromatic rings. The Bertz CT molecular complexity index is 789. The SMILES string of the molecule is CC(=O)c1cc(N)ccc1OC(c1ccccc1)c1ccccc1. The second-order valence-corrected chi connectivity index (χ2v) is 5.63. The average molecular weight is 317 g/mol. The van der Waals surface area contributed by atoms with Crippen molar-refractivity contribution in [3.05, 3.63) is 95.6 Å². The maximum Gasteiger partial charge on any atom is 0.163 e. The van der Waals surface area contributed by atoms with Crippen molar-refractivity contribution < 1.29 is 9.53 Å². The topological polar surface area (TPSA) is 52.3 Å². The number of carbonyl (C=O) groups is 1. The molecular formula is C21H19NO2. The summed E-state index contributed by atoms with van der Waals surface area (Å²) in [4.78, 5) is 11.9. The molecule has 2 N–H and O–H groups in total. The van der Waals surface area contributed by atoms with Crippen LogP contribution in [0, 0.1) is 0 Å². The van der Waals surface area contributed by atoms with Gasteiger partial charge in [-0.3, -0.25) is 4.79 Å². The zero-order chi connectivity index (χ0) is 16.9. The number of carbonyl (C=O) groups excluding carboxylic acids is 1. The summed E-state index contributed by atoms with van der Waals surface area (Å²) in [6.45, 7) is 1.52. The predicted molar refractivity (Wildman–Crippen MR) is 96.2 cm³/mol. The van der Waals surface area contributed by atoms with Crippen LogP contribution >= 0.6 is 0 Å². The van der Waals surface area contributed by atoms with E-state index in [4.69, 9.17) is 10.5 Å². The average Bonchev–Trinajstić information content (AvgIpc) is 2.62. The highest BCUT2D eigenvalue weighted by molar-refractivity contribution is 5.97. The van der Waals surface area contributed by atoms with E-state index in [2.05, 4.69) is 0 Å². The van der Waals surface area contributed by atoms with Crippen LogP contribution in [0.5, 0.6) is 5.75 Å². The minimum absolute atomic E-state index is 0.0721. The Labute approximate surface area is 141 Å². The number of benzene rings is 3. The molecule has 3 nitrogen and oxygen atoms in total. The molecule has 3 rings (SSSR count).